The largest absolute Gasteiger partial charge is 0.497 e. The van der Waals surface area contributed by atoms with Crippen LogP contribution in [-0.4, -0.2) is 47.7 Å². The number of anilines is 1. The lowest BCUT2D eigenvalue weighted by Gasteiger charge is -2.21. The Morgan fingerprint density at radius 2 is 1.86 bits per heavy atom. The molecule has 0 bridgehead atoms. The van der Waals surface area contributed by atoms with Gasteiger partial charge in [-0.05, 0) is 42.5 Å². The van der Waals surface area contributed by atoms with Crippen molar-refractivity contribution in [2.45, 2.75) is 6.54 Å². The Morgan fingerprint density at radius 1 is 1.11 bits per heavy atom. The maximum Gasteiger partial charge on any atom is 0.270 e. The Balaban J connectivity index is 1.64. The molecule has 3 aromatic rings. The minimum absolute atomic E-state index is 0.0196. The van der Waals surface area contributed by atoms with Gasteiger partial charge in [-0.1, -0.05) is 11.6 Å². The number of nitrogens with zero attached hydrogens (tertiary/aromatic N) is 2. The molecule has 0 saturated carbocycles. The number of hydrogen-bond donors (Lipinski definition) is 2. The number of benzene rings is 2. The summed E-state index contributed by atoms with van der Waals surface area (Å²) in [7, 11) is 1.53. The molecule has 35 heavy (non-hydrogen) atoms. The Kier molecular flexibility index (Phi) is 8.41. The van der Waals surface area contributed by atoms with Gasteiger partial charge >= 0.3 is 0 Å². The predicted octanol–water partition coefficient (Wildman–Crippen LogP) is 3.25. The van der Waals surface area contributed by atoms with Crippen LogP contribution in [0.4, 0.5) is 11.4 Å². The summed E-state index contributed by atoms with van der Waals surface area (Å²) in [6, 6.07) is 13.3. The molecule has 12 heteroatoms. The molecule has 0 aliphatic carbocycles. The molecule has 0 aliphatic rings. The lowest BCUT2D eigenvalue weighted by Crippen LogP contribution is -2.42. The van der Waals surface area contributed by atoms with Crippen molar-refractivity contribution in [1.82, 2.24) is 10.2 Å². The highest BCUT2D eigenvalue weighted by molar-refractivity contribution is 6.34. The van der Waals surface area contributed by atoms with E-state index in [0.29, 0.717) is 17.2 Å². The summed E-state index contributed by atoms with van der Waals surface area (Å²) in [5.41, 5.74) is 0.228. The molecule has 2 aromatic carbocycles. The van der Waals surface area contributed by atoms with Gasteiger partial charge in [0.2, 0.25) is 11.8 Å². The van der Waals surface area contributed by atoms with Crippen LogP contribution in [-0.2, 0) is 16.1 Å². The molecule has 0 unspecified atom stereocenters. The summed E-state index contributed by atoms with van der Waals surface area (Å²) in [5, 5.41) is 15.9. The monoisotopic (exact) mass is 500 g/mol. The first-order valence-corrected chi connectivity index (χ1v) is 10.6. The van der Waals surface area contributed by atoms with Crippen molar-refractivity contribution in [3.63, 3.8) is 0 Å². The van der Waals surface area contributed by atoms with E-state index in [-0.39, 0.29) is 29.4 Å². The van der Waals surface area contributed by atoms with Gasteiger partial charge in [-0.2, -0.15) is 0 Å². The number of furan rings is 1. The Labute approximate surface area is 204 Å². The van der Waals surface area contributed by atoms with Crippen LogP contribution < -0.4 is 15.4 Å². The van der Waals surface area contributed by atoms with E-state index in [9.17, 15) is 24.5 Å². The van der Waals surface area contributed by atoms with Crippen molar-refractivity contribution in [2.75, 3.05) is 25.5 Å². The molecular formula is C23H21ClN4O7. The van der Waals surface area contributed by atoms with Crippen LogP contribution in [0.1, 0.15) is 16.1 Å². The molecule has 0 saturated heterocycles. The summed E-state index contributed by atoms with van der Waals surface area (Å²) in [5.74, 6) is -0.676. The van der Waals surface area contributed by atoms with Crippen molar-refractivity contribution in [1.29, 1.82) is 0 Å². The summed E-state index contributed by atoms with van der Waals surface area (Å²) in [6.07, 6.45) is 1.42. The number of amides is 3. The maximum atomic E-state index is 13.1. The zero-order valence-electron chi connectivity index (χ0n) is 18.5. The highest BCUT2D eigenvalue weighted by Crippen LogP contribution is 2.24. The molecule has 0 atom stereocenters. The van der Waals surface area contributed by atoms with Crippen LogP contribution in [0.25, 0.3) is 0 Å². The molecule has 0 spiro atoms. The predicted molar refractivity (Wildman–Crippen MR) is 126 cm³/mol. The van der Waals surface area contributed by atoms with E-state index in [2.05, 4.69) is 10.6 Å². The van der Waals surface area contributed by atoms with Gasteiger partial charge in [0, 0.05) is 17.8 Å². The molecule has 3 amide bonds. The fourth-order valence-electron chi connectivity index (χ4n) is 3.04. The fraction of sp³-hybridized carbons (Fsp3) is 0.174. The van der Waals surface area contributed by atoms with E-state index in [1.54, 1.807) is 36.4 Å². The van der Waals surface area contributed by atoms with Gasteiger partial charge in [-0.25, -0.2) is 0 Å². The molecule has 1 heterocycles. The molecule has 2 N–H and O–H groups in total. The first-order chi connectivity index (χ1) is 16.8. The van der Waals surface area contributed by atoms with Gasteiger partial charge in [-0.3, -0.25) is 24.5 Å². The van der Waals surface area contributed by atoms with Gasteiger partial charge in [0.1, 0.15) is 18.1 Å². The highest BCUT2D eigenvalue weighted by atomic mass is 35.5. The van der Waals surface area contributed by atoms with E-state index in [4.69, 9.17) is 20.8 Å². The van der Waals surface area contributed by atoms with Crippen molar-refractivity contribution < 1.29 is 28.5 Å². The molecule has 3 rings (SSSR count). The number of nitro groups is 1. The van der Waals surface area contributed by atoms with Gasteiger partial charge in [0.25, 0.3) is 11.6 Å². The lowest BCUT2D eigenvalue weighted by molar-refractivity contribution is -0.384. The topological polar surface area (TPSA) is 144 Å². The van der Waals surface area contributed by atoms with E-state index < -0.39 is 29.2 Å². The zero-order chi connectivity index (χ0) is 25.4. The van der Waals surface area contributed by atoms with Crippen LogP contribution >= 0.6 is 11.6 Å². The Bertz CT molecular complexity index is 1210. The van der Waals surface area contributed by atoms with E-state index in [1.165, 1.54) is 19.4 Å². The number of nitrogens with one attached hydrogen (secondary N) is 2. The second-order valence-corrected chi connectivity index (χ2v) is 7.62. The van der Waals surface area contributed by atoms with E-state index in [0.717, 1.165) is 17.0 Å². The van der Waals surface area contributed by atoms with Gasteiger partial charge < -0.3 is 24.7 Å². The molecule has 11 nitrogen and oxygen atoms in total. The standard InChI is InChI=1S/C23H21ClN4O7/c1-34-17-7-4-15(5-8-17)26-21(29)12-25-22(30)14-27(13-18-3-2-10-35-18)23(31)19-9-6-16(28(32)33)11-20(19)24/h2-11H,12-14H2,1H3,(H,25,30)(H,26,29). The molecule has 0 radical (unpaired) electrons. The zero-order valence-corrected chi connectivity index (χ0v) is 19.3. The number of methoxy groups -OCH3 is 1. The quantitative estimate of drug-likeness (QED) is 0.321. The minimum Gasteiger partial charge on any atom is -0.497 e. The number of nitro benzene ring substituents is 1. The van der Waals surface area contributed by atoms with Crippen LogP contribution in [0.5, 0.6) is 5.75 Å². The highest BCUT2D eigenvalue weighted by Gasteiger charge is 2.24. The summed E-state index contributed by atoms with van der Waals surface area (Å²) in [6.45, 7) is -0.806. The first kappa shape index (κ1) is 25.2. The Hall–Kier alpha value is -4.38. The number of hydrogen-bond acceptors (Lipinski definition) is 7. The number of carbonyl (C=O) groups is 3. The maximum absolute atomic E-state index is 13.1. The molecular weight excluding hydrogens is 480 g/mol. The lowest BCUT2D eigenvalue weighted by atomic mass is 10.1. The van der Waals surface area contributed by atoms with Crippen LogP contribution in [0.15, 0.2) is 65.3 Å². The summed E-state index contributed by atoms with van der Waals surface area (Å²) in [4.78, 5) is 49.3. The number of ether oxygens (including phenoxy) is 1. The van der Waals surface area contributed by atoms with Crippen molar-refractivity contribution in [3.8, 4) is 5.75 Å². The average Bonchev–Trinajstić information content (AvgIpc) is 3.35. The molecule has 182 valence electrons. The van der Waals surface area contributed by atoms with E-state index >= 15 is 0 Å². The third-order valence-electron chi connectivity index (χ3n) is 4.76. The van der Waals surface area contributed by atoms with Gasteiger partial charge in [0.15, 0.2) is 0 Å². The van der Waals surface area contributed by atoms with Gasteiger partial charge in [-0.15, -0.1) is 0 Å². The number of carbonyl (C=O) groups excluding carboxylic acids is 3. The van der Waals surface area contributed by atoms with Crippen LogP contribution in [0.3, 0.4) is 0 Å². The Morgan fingerprint density at radius 3 is 2.46 bits per heavy atom. The number of halogens is 1. The second kappa shape index (κ2) is 11.7. The van der Waals surface area contributed by atoms with Crippen LogP contribution in [0, 0.1) is 10.1 Å². The SMILES string of the molecule is COc1ccc(NC(=O)CNC(=O)CN(Cc2ccco2)C(=O)c2ccc([N+](=O)[O-])cc2Cl)cc1. The molecule has 0 aliphatic heterocycles. The summed E-state index contributed by atoms with van der Waals surface area (Å²) < 4.78 is 10.3. The normalized spacial score (nSPS) is 10.3. The third kappa shape index (κ3) is 7.05. The number of rotatable bonds is 10. The first-order valence-electron chi connectivity index (χ1n) is 10.2. The number of non-ortho nitro benzene ring substituents is 1. The third-order valence-corrected chi connectivity index (χ3v) is 5.07. The molecule has 0 fully saturated rings. The fourth-order valence-corrected chi connectivity index (χ4v) is 3.29. The second-order valence-electron chi connectivity index (χ2n) is 7.22. The van der Waals surface area contributed by atoms with Crippen molar-refractivity contribution in [2.24, 2.45) is 0 Å². The summed E-state index contributed by atoms with van der Waals surface area (Å²) >= 11 is 6.09. The smallest absolute Gasteiger partial charge is 0.270 e. The van der Waals surface area contributed by atoms with Crippen molar-refractivity contribution >= 4 is 40.7 Å². The minimum atomic E-state index is -0.640. The van der Waals surface area contributed by atoms with E-state index in [1.807, 2.05) is 0 Å². The van der Waals surface area contributed by atoms with Crippen molar-refractivity contribution in [3.05, 3.63) is 87.3 Å². The average molecular weight is 501 g/mol. The van der Waals surface area contributed by atoms with Gasteiger partial charge in [0.05, 0.1) is 42.0 Å². The molecule has 1 aromatic heterocycles. The van der Waals surface area contributed by atoms with Crippen LogP contribution in [0.2, 0.25) is 5.02 Å².